The van der Waals surface area contributed by atoms with Crippen molar-refractivity contribution in [3.63, 3.8) is 0 Å². The average Bonchev–Trinajstić information content (AvgIpc) is 2.77. The van der Waals surface area contributed by atoms with Crippen LogP contribution in [-0.2, 0) is 4.74 Å². The zero-order valence-corrected chi connectivity index (χ0v) is 17.9. The maximum absolute atomic E-state index is 14.0. The van der Waals surface area contributed by atoms with Crippen molar-refractivity contribution in [2.45, 2.75) is 51.6 Å². The third-order valence-electron chi connectivity index (χ3n) is 5.69. The van der Waals surface area contributed by atoms with Crippen LogP contribution in [0.25, 0.3) is 0 Å². The fourth-order valence-electron chi connectivity index (χ4n) is 3.78. The lowest BCUT2D eigenvalue weighted by Crippen LogP contribution is -2.15. The number of esters is 1. The highest BCUT2D eigenvalue weighted by molar-refractivity contribution is 5.99. The van der Waals surface area contributed by atoms with Gasteiger partial charge < -0.3 is 9.47 Å². The lowest BCUT2D eigenvalue weighted by atomic mass is 9.79. The highest BCUT2D eigenvalue weighted by atomic mass is 19.1. The van der Waals surface area contributed by atoms with Gasteiger partial charge in [-0.15, -0.1) is 0 Å². The third kappa shape index (κ3) is 6.36. The van der Waals surface area contributed by atoms with Crippen molar-refractivity contribution in [2.24, 2.45) is 5.92 Å². The molecule has 0 N–H and O–H groups in total. The highest BCUT2D eigenvalue weighted by Crippen LogP contribution is 2.35. The van der Waals surface area contributed by atoms with Crippen LogP contribution in [0.15, 0.2) is 42.5 Å². The number of Topliss-reactive ketones (excluding diaryl/α,β-unsaturated/α-hetero) is 1. The van der Waals surface area contributed by atoms with E-state index in [1.807, 2.05) is 12.1 Å². The second kappa shape index (κ2) is 10.5. The number of alkyl halides is 1. The first-order chi connectivity index (χ1) is 14.8. The van der Waals surface area contributed by atoms with Crippen LogP contribution in [-0.4, -0.2) is 31.1 Å². The van der Waals surface area contributed by atoms with Crippen molar-refractivity contribution in [2.75, 3.05) is 13.2 Å². The molecule has 31 heavy (non-hydrogen) atoms. The second-order valence-electron chi connectivity index (χ2n) is 8.32. The van der Waals surface area contributed by atoms with Crippen LogP contribution < -0.4 is 4.74 Å². The zero-order chi connectivity index (χ0) is 22.4. The Kier molecular flexibility index (Phi) is 7.77. The smallest absolute Gasteiger partial charge is 0.338 e. The first-order valence-electron chi connectivity index (χ1n) is 10.7. The summed E-state index contributed by atoms with van der Waals surface area (Å²) in [5, 5.41) is 0. The van der Waals surface area contributed by atoms with Crippen LogP contribution in [0.2, 0.25) is 0 Å². The molecule has 1 aliphatic carbocycles. The molecule has 1 fully saturated rings. The molecule has 1 aliphatic rings. The number of hydrogen-bond donors (Lipinski definition) is 0. The minimum atomic E-state index is -1.24. The summed E-state index contributed by atoms with van der Waals surface area (Å²) in [5.41, 5.74) is 1.64. The number of ether oxygens (including phenoxy) is 2. The van der Waals surface area contributed by atoms with Crippen molar-refractivity contribution in [3.05, 3.63) is 65.0 Å². The lowest BCUT2D eigenvalue weighted by molar-refractivity contribution is 0.0474. The van der Waals surface area contributed by atoms with Gasteiger partial charge in [0.15, 0.2) is 24.0 Å². The Hall–Kier alpha value is -2.76. The van der Waals surface area contributed by atoms with E-state index in [0.717, 1.165) is 24.8 Å². The number of carbonyl (C=O) groups excluding carboxylic acids is 2. The van der Waals surface area contributed by atoms with Gasteiger partial charge in [0.1, 0.15) is 12.8 Å². The lowest BCUT2D eigenvalue weighted by Gasteiger charge is -2.26. The average molecular weight is 430 g/mol. The van der Waals surface area contributed by atoms with E-state index in [1.165, 1.54) is 37.5 Å². The Morgan fingerprint density at radius 3 is 2.29 bits per heavy atom. The van der Waals surface area contributed by atoms with Crippen LogP contribution in [0.4, 0.5) is 8.78 Å². The number of rotatable bonds is 8. The Morgan fingerprint density at radius 2 is 1.68 bits per heavy atom. The molecule has 3 rings (SSSR count). The zero-order valence-electron chi connectivity index (χ0n) is 17.9. The molecule has 0 saturated heterocycles. The van der Waals surface area contributed by atoms with Crippen LogP contribution in [0, 0.1) is 11.7 Å². The van der Waals surface area contributed by atoms with E-state index in [0.29, 0.717) is 11.5 Å². The predicted molar refractivity (Wildman–Crippen MR) is 114 cm³/mol. The van der Waals surface area contributed by atoms with Crippen LogP contribution >= 0.6 is 0 Å². The normalized spacial score (nSPS) is 19.5. The number of ketones is 1. The summed E-state index contributed by atoms with van der Waals surface area (Å²) in [6, 6.07) is 11.0. The Labute approximate surface area is 181 Å². The number of carbonyl (C=O) groups is 2. The molecule has 0 radical (unpaired) electrons. The summed E-state index contributed by atoms with van der Waals surface area (Å²) in [7, 11) is 0. The molecule has 1 unspecified atom stereocenters. The van der Waals surface area contributed by atoms with Gasteiger partial charge in [0.25, 0.3) is 0 Å². The van der Waals surface area contributed by atoms with Gasteiger partial charge in [-0.25, -0.2) is 13.6 Å². The molecule has 0 heterocycles. The number of hydrogen-bond acceptors (Lipinski definition) is 4. The minimum absolute atomic E-state index is 0.0489. The molecule has 4 nitrogen and oxygen atoms in total. The van der Waals surface area contributed by atoms with Crippen molar-refractivity contribution >= 4 is 11.8 Å². The standard InChI is InChI=1S/C25H28F2O4/c1-16-3-5-18(6-4-16)19-7-9-20(10-8-19)25(29)31-15-23(28)21-11-12-24(22(27)13-21)30-14-17(2)26/h7-13,16-18H,3-6,14-15H2,1-2H3. The highest BCUT2D eigenvalue weighted by Gasteiger charge is 2.20. The molecule has 166 valence electrons. The third-order valence-corrected chi connectivity index (χ3v) is 5.69. The molecule has 0 aliphatic heterocycles. The number of benzene rings is 2. The predicted octanol–water partition coefficient (Wildman–Crippen LogP) is 5.90. The Balaban J connectivity index is 1.53. The quantitative estimate of drug-likeness (QED) is 0.387. The largest absolute Gasteiger partial charge is 0.487 e. The maximum atomic E-state index is 14.0. The summed E-state index contributed by atoms with van der Waals surface area (Å²) in [6.07, 6.45) is 3.53. The van der Waals surface area contributed by atoms with Crippen molar-refractivity contribution in [1.29, 1.82) is 0 Å². The summed E-state index contributed by atoms with van der Waals surface area (Å²) in [5.74, 6) is -0.742. The second-order valence-corrected chi connectivity index (χ2v) is 8.32. The summed E-state index contributed by atoms with van der Waals surface area (Å²) < 4.78 is 37.0. The van der Waals surface area contributed by atoms with Gasteiger partial charge in [0, 0.05) is 5.56 Å². The summed E-state index contributed by atoms with van der Waals surface area (Å²) in [4.78, 5) is 24.5. The number of halogens is 2. The Bertz CT molecular complexity index is 900. The van der Waals surface area contributed by atoms with E-state index in [-0.39, 0.29) is 17.9 Å². The maximum Gasteiger partial charge on any atom is 0.338 e. The fourth-order valence-corrected chi connectivity index (χ4v) is 3.78. The van der Waals surface area contributed by atoms with Crippen LogP contribution in [0.5, 0.6) is 5.75 Å². The molecule has 1 atom stereocenters. The van der Waals surface area contributed by atoms with Crippen molar-refractivity contribution < 1.29 is 27.8 Å². The topological polar surface area (TPSA) is 52.6 Å². The van der Waals surface area contributed by atoms with E-state index in [4.69, 9.17) is 9.47 Å². The molecule has 6 heteroatoms. The molecule has 1 saturated carbocycles. The van der Waals surface area contributed by atoms with E-state index < -0.39 is 30.3 Å². The van der Waals surface area contributed by atoms with E-state index in [2.05, 4.69) is 6.92 Å². The van der Waals surface area contributed by atoms with Gasteiger partial charge in [-0.2, -0.15) is 0 Å². The van der Waals surface area contributed by atoms with Gasteiger partial charge in [-0.3, -0.25) is 4.79 Å². The first-order valence-corrected chi connectivity index (χ1v) is 10.7. The summed E-state index contributed by atoms with van der Waals surface area (Å²) in [6.45, 7) is 2.80. The first kappa shape index (κ1) is 22.9. The molecule has 0 spiro atoms. The van der Waals surface area contributed by atoms with Gasteiger partial charge in [0.05, 0.1) is 5.56 Å². The van der Waals surface area contributed by atoms with E-state index >= 15 is 0 Å². The van der Waals surface area contributed by atoms with Gasteiger partial charge in [-0.1, -0.05) is 31.9 Å². The Morgan fingerprint density at radius 1 is 1.03 bits per heavy atom. The van der Waals surface area contributed by atoms with Crippen LogP contribution in [0.1, 0.15) is 71.7 Å². The van der Waals surface area contributed by atoms with Gasteiger partial charge >= 0.3 is 5.97 Å². The molecule has 0 aromatic heterocycles. The molecular formula is C25H28F2O4. The minimum Gasteiger partial charge on any atom is -0.487 e. The van der Waals surface area contributed by atoms with E-state index in [1.54, 1.807) is 12.1 Å². The molecule has 2 aromatic carbocycles. The fraction of sp³-hybridized carbons (Fsp3) is 0.440. The SMILES string of the molecule is CC(F)COc1ccc(C(=O)COC(=O)c2ccc(C3CCC(C)CC3)cc2)cc1F. The molecule has 0 bridgehead atoms. The van der Waals surface area contributed by atoms with Gasteiger partial charge in [0.2, 0.25) is 0 Å². The molecule has 0 amide bonds. The van der Waals surface area contributed by atoms with Crippen molar-refractivity contribution in [1.82, 2.24) is 0 Å². The van der Waals surface area contributed by atoms with E-state index in [9.17, 15) is 18.4 Å². The van der Waals surface area contributed by atoms with Gasteiger partial charge in [-0.05, 0) is 67.5 Å². The molecular weight excluding hydrogens is 402 g/mol. The molecule has 2 aromatic rings. The van der Waals surface area contributed by atoms with Crippen molar-refractivity contribution in [3.8, 4) is 5.75 Å². The summed E-state index contributed by atoms with van der Waals surface area (Å²) >= 11 is 0. The monoisotopic (exact) mass is 430 g/mol. The van der Waals surface area contributed by atoms with Crippen LogP contribution in [0.3, 0.4) is 0 Å².